The van der Waals surface area contributed by atoms with E-state index in [4.69, 9.17) is 16.3 Å². The maximum absolute atomic E-state index is 14.6. The van der Waals surface area contributed by atoms with Crippen LogP contribution in [0.4, 0.5) is 13.2 Å². The second-order valence-electron chi connectivity index (χ2n) is 16.7. The molecule has 2 unspecified atom stereocenters. The Bertz CT molecular complexity index is 2500. The highest BCUT2D eigenvalue weighted by Crippen LogP contribution is 2.36. The summed E-state index contributed by atoms with van der Waals surface area (Å²) in [5.74, 6) is -1.39. The van der Waals surface area contributed by atoms with E-state index in [0.717, 1.165) is 41.9 Å². The number of ether oxygens (including phenoxy) is 1. The fourth-order valence-electron chi connectivity index (χ4n) is 7.95. The van der Waals surface area contributed by atoms with Crippen LogP contribution in [0.15, 0.2) is 48.5 Å². The van der Waals surface area contributed by atoms with Crippen molar-refractivity contribution in [1.29, 1.82) is 0 Å². The molecule has 0 spiro atoms. The molecule has 0 radical (unpaired) electrons. The van der Waals surface area contributed by atoms with Crippen molar-refractivity contribution in [2.24, 2.45) is 0 Å². The number of H-pyrrole nitrogens is 1. The second kappa shape index (κ2) is 19.9. The van der Waals surface area contributed by atoms with Crippen molar-refractivity contribution >= 4 is 58.0 Å². The van der Waals surface area contributed by atoms with Crippen LogP contribution in [0, 0.1) is 29.3 Å². The molecular weight excluding hydrogens is 839 g/mol. The molecule has 4 aromatic rings. The molecule has 6 rings (SSSR count). The van der Waals surface area contributed by atoms with Crippen molar-refractivity contribution in [3.63, 3.8) is 0 Å². The zero-order chi connectivity index (χ0) is 45.6. The Hall–Kier alpha value is -6.14. The smallest absolute Gasteiger partial charge is 0.355 e. The Labute approximate surface area is 368 Å². The van der Waals surface area contributed by atoms with E-state index in [0.29, 0.717) is 46.3 Å². The number of rotatable bonds is 15. The molecule has 0 saturated carbocycles. The molecule has 1 fully saturated rings. The van der Waals surface area contributed by atoms with Gasteiger partial charge in [0, 0.05) is 70.5 Å². The summed E-state index contributed by atoms with van der Waals surface area (Å²) in [4.78, 5) is 85.2. The number of esters is 1. The fourth-order valence-corrected chi connectivity index (χ4v) is 8.12. The van der Waals surface area contributed by atoms with E-state index in [1.807, 2.05) is 6.07 Å². The van der Waals surface area contributed by atoms with Gasteiger partial charge < -0.3 is 24.8 Å². The number of imide groups is 1. The number of unbranched alkanes of at least 4 members (excludes halogenated alkanes) is 5. The number of benzene rings is 3. The lowest BCUT2D eigenvalue weighted by Crippen LogP contribution is -2.52. The molecular formula is C47H49ClF3N5O7. The molecule has 0 aliphatic carbocycles. The van der Waals surface area contributed by atoms with Gasteiger partial charge in [0.15, 0.2) is 17.5 Å². The molecule has 332 valence electrons. The number of hydrogen-bond acceptors (Lipinski definition) is 7. The van der Waals surface area contributed by atoms with E-state index in [9.17, 15) is 41.9 Å². The summed E-state index contributed by atoms with van der Waals surface area (Å²) in [6, 6.07) is 9.30. The van der Waals surface area contributed by atoms with Crippen molar-refractivity contribution in [2.75, 3.05) is 6.61 Å². The predicted molar refractivity (Wildman–Crippen MR) is 228 cm³/mol. The van der Waals surface area contributed by atoms with Gasteiger partial charge in [0.25, 0.3) is 5.91 Å². The first-order valence-corrected chi connectivity index (χ1v) is 21.3. The summed E-state index contributed by atoms with van der Waals surface area (Å²) >= 11 is 6.30. The van der Waals surface area contributed by atoms with Crippen LogP contribution < -0.4 is 10.6 Å². The highest BCUT2D eigenvalue weighted by Gasteiger charge is 2.41. The molecule has 2 aliphatic heterocycles. The van der Waals surface area contributed by atoms with Crippen molar-refractivity contribution < 1.29 is 46.7 Å². The third kappa shape index (κ3) is 10.9. The first-order valence-electron chi connectivity index (χ1n) is 21.0. The van der Waals surface area contributed by atoms with E-state index >= 15 is 0 Å². The van der Waals surface area contributed by atoms with Gasteiger partial charge >= 0.3 is 5.97 Å². The molecule has 1 saturated heterocycles. The number of aromatic amines is 1. The normalized spacial score (nSPS) is 15.4. The van der Waals surface area contributed by atoms with Crippen LogP contribution in [0.3, 0.4) is 0 Å². The molecule has 12 nitrogen and oxygen atoms in total. The van der Waals surface area contributed by atoms with Crippen LogP contribution in [0.2, 0.25) is 5.02 Å². The quantitative estimate of drug-likeness (QED) is 0.0360. The van der Waals surface area contributed by atoms with Gasteiger partial charge in [-0.3, -0.25) is 29.3 Å². The molecule has 2 atom stereocenters. The third-order valence-electron chi connectivity index (χ3n) is 10.8. The van der Waals surface area contributed by atoms with Gasteiger partial charge in [0.1, 0.15) is 17.8 Å². The molecule has 2 aliphatic rings. The lowest BCUT2D eigenvalue weighted by Gasteiger charge is -2.34. The number of nitrogens with one attached hydrogen (secondary N) is 3. The van der Waals surface area contributed by atoms with Crippen LogP contribution in [0.5, 0.6) is 0 Å². The summed E-state index contributed by atoms with van der Waals surface area (Å²) in [6.45, 7) is 6.54. The lowest BCUT2D eigenvalue weighted by atomic mass is 9.97. The molecule has 1 aromatic heterocycles. The van der Waals surface area contributed by atoms with Crippen molar-refractivity contribution in [3.8, 4) is 11.8 Å². The SMILES string of the molecule is CCOC(=O)c1[nH]c2cc(Cl)ccc2c1C(C(=O)NC(C)(C)C)N(Cc1cc(F)c(F)c(F)c1)C(=O)CCCCCCCC#Cc1cccc2c1CN(C1CCC(=O)NC1=O)C2=O. The monoisotopic (exact) mass is 887 g/mol. The van der Waals surface area contributed by atoms with Gasteiger partial charge in [-0.25, -0.2) is 18.0 Å². The Kier molecular flexibility index (Phi) is 14.7. The van der Waals surface area contributed by atoms with E-state index in [1.165, 1.54) is 4.90 Å². The summed E-state index contributed by atoms with van der Waals surface area (Å²) in [5.41, 5.74) is 1.36. The minimum absolute atomic E-state index is 0.000600. The van der Waals surface area contributed by atoms with Crippen LogP contribution in [0.25, 0.3) is 10.9 Å². The Morgan fingerprint density at radius 1 is 1.00 bits per heavy atom. The first kappa shape index (κ1) is 46.4. The maximum Gasteiger partial charge on any atom is 0.355 e. The highest BCUT2D eigenvalue weighted by atomic mass is 35.5. The van der Waals surface area contributed by atoms with Gasteiger partial charge in [0.05, 0.1) is 6.61 Å². The number of nitrogens with zero attached hydrogens (tertiary/aromatic N) is 2. The molecule has 0 bridgehead atoms. The Morgan fingerprint density at radius 3 is 2.41 bits per heavy atom. The van der Waals surface area contributed by atoms with Gasteiger partial charge in [-0.05, 0) is 94.5 Å². The number of aromatic nitrogens is 1. The minimum Gasteiger partial charge on any atom is -0.461 e. The molecule has 5 amide bonds. The summed E-state index contributed by atoms with van der Waals surface area (Å²) in [5, 5.41) is 5.91. The van der Waals surface area contributed by atoms with Gasteiger partial charge in [-0.15, -0.1) is 0 Å². The number of carbonyl (C=O) groups is 6. The van der Waals surface area contributed by atoms with E-state index in [2.05, 4.69) is 27.5 Å². The van der Waals surface area contributed by atoms with Crippen molar-refractivity contribution in [1.82, 2.24) is 25.4 Å². The van der Waals surface area contributed by atoms with Crippen molar-refractivity contribution in [2.45, 2.75) is 116 Å². The van der Waals surface area contributed by atoms with Crippen LogP contribution in [0.1, 0.15) is 135 Å². The number of piperidine rings is 1. The molecule has 63 heavy (non-hydrogen) atoms. The molecule has 3 aromatic carbocycles. The number of amides is 5. The highest BCUT2D eigenvalue weighted by molar-refractivity contribution is 6.31. The fraction of sp³-hybridized carbons (Fsp3) is 0.404. The second-order valence-corrected chi connectivity index (χ2v) is 17.1. The third-order valence-corrected chi connectivity index (χ3v) is 11.1. The largest absolute Gasteiger partial charge is 0.461 e. The summed E-state index contributed by atoms with van der Waals surface area (Å²) < 4.78 is 48.6. The van der Waals surface area contributed by atoms with Crippen LogP contribution in [-0.4, -0.2) is 68.5 Å². The number of fused-ring (bicyclic) bond motifs is 2. The zero-order valence-corrected chi connectivity index (χ0v) is 36.3. The van der Waals surface area contributed by atoms with Gasteiger partial charge in [0.2, 0.25) is 23.6 Å². The Balaban J connectivity index is 1.15. The predicted octanol–water partition coefficient (Wildman–Crippen LogP) is 7.94. The van der Waals surface area contributed by atoms with E-state index in [1.54, 1.807) is 58.0 Å². The topological polar surface area (TPSA) is 158 Å². The lowest BCUT2D eigenvalue weighted by molar-refractivity contribution is -0.142. The molecule has 3 N–H and O–H groups in total. The van der Waals surface area contributed by atoms with Gasteiger partial charge in [-0.2, -0.15) is 0 Å². The number of hydrogen-bond donors (Lipinski definition) is 3. The number of halogens is 4. The average molecular weight is 888 g/mol. The Morgan fingerprint density at radius 2 is 1.71 bits per heavy atom. The van der Waals surface area contributed by atoms with E-state index < -0.39 is 65.3 Å². The average Bonchev–Trinajstić information content (AvgIpc) is 3.75. The molecule has 16 heteroatoms. The standard InChI is InChI=1S/C47H49ClF3N5O7/c1-5-63-46(62)41-39(31-19-18-29(48)24-35(31)52-41)42(44(60)54-47(2,3)4)56(25-27-22-33(49)40(51)34(50)23-27)38(58)17-12-10-8-6-7-9-11-14-28-15-13-16-30-32(28)26-55(45(30)61)36-20-21-37(57)53-43(36)59/h13,15-16,18-19,22-24,36,42,52H,5-10,12,17,20-21,25-26H2,1-4H3,(H,54,60)(H,53,57,59). The van der Waals surface area contributed by atoms with Crippen LogP contribution in [-0.2, 0) is 37.0 Å². The summed E-state index contributed by atoms with van der Waals surface area (Å²) in [6.07, 6.45) is 4.22. The van der Waals surface area contributed by atoms with Crippen LogP contribution >= 0.6 is 11.6 Å². The van der Waals surface area contributed by atoms with Gasteiger partial charge in [-0.1, -0.05) is 54.8 Å². The molecule has 3 heterocycles. The summed E-state index contributed by atoms with van der Waals surface area (Å²) in [7, 11) is 0. The number of carbonyl (C=O) groups excluding carboxylic acids is 6. The first-order chi connectivity index (χ1) is 30.0. The van der Waals surface area contributed by atoms with Crippen molar-refractivity contribution in [3.05, 3.63) is 105 Å². The zero-order valence-electron chi connectivity index (χ0n) is 35.5. The maximum atomic E-state index is 14.6. The van der Waals surface area contributed by atoms with E-state index in [-0.39, 0.29) is 61.0 Å². The minimum atomic E-state index is -1.68.